The topological polar surface area (TPSA) is 38.3 Å². The molecule has 0 radical (unpaired) electrons. The Balaban J connectivity index is 2.38. The van der Waals surface area contributed by atoms with Crippen molar-refractivity contribution in [1.82, 2.24) is 5.32 Å². The number of nitrogens with one attached hydrogen (secondary N) is 1. The smallest absolute Gasteiger partial charge is 0.326 e. The van der Waals surface area contributed by atoms with E-state index in [1.165, 1.54) is 4.21 Å². The van der Waals surface area contributed by atoms with Gasteiger partial charge in [0.25, 0.3) is 0 Å². The van der Waals surface area contributed by atoms with E-state index >= 15 is 0 Å². The van der Waals surface area contributed by atoms with Crippen LogP contribution in [0.4, 0.5) is 0 Å². The third kappa shape index (κ3) is 5.55. The molecule has 0 aliphatic heterocycles. The van der Waals surface area contributed by atoms with Gasteiger partial charge < -0.3 is 10.1 Å². The number of carbonyl (C=O) groups excluding carboxylic acids is 1. The van der Waals surface area contributed by atoms with Crippen LogP contribution < -0.4 is 5.32 Å². The predicted octanol–water partition coefficient (Wildman–Crippen LogP) is 3.55. The van der Waals surface area contributed by atoms with Gasteiger partial charge >= 0.3 is 5.97 Å². The zero-order valence-electron chi connectivity index (χ0n) is 11.9. The normalized spacial score (nSPS) is 14.1. The fraction of sp³-hybridized carbons (Fsp3) is 0.643. The number of esters is 1. The highest BCUT2D eigenvalue weighted by Gasteiger charge is 2.32. The highest BCUT2D eigenvalue weighted by atomic mass is 32.2. The molecule has 1 rings (SSSR count). The summed E-state index contributed by atoms with van der Waals surface area (Å²) in [6.45, 7) is 7.00. The van der Waals surface area contributed by atoms with Crippen molar-refractivity contribution in [2.45, 2.75) is 43.4 Å². The van der Waals surface area contributed by atoms with E-state index in [1.807, 2.05) is 32.5 Å². The van der Waals surface area contributed by atoms with Gasteiger partial charge in [0.15, 0.2) is 0 Å². The van der Waals surface area contributed by atoms with Gasteiger partial charge in [0.2, 0.25) is 0 Å². The molecule has 1 aromatic rings. The summed E-state index contributed by atoms with van der Waals surface area (Å²) in [6, 6.07) is 4.19. The lowest BCUT2D eigenvalue weighted by atomic mass is 9.96. The first kappa shape index (κ1) is 16.5. The maximum atomic E-state index is 12.0. The first-order valence-electron chi connectivity index (χ1n) is 6.71. The molecule has 19 heavy (non-hydrogen) atoms. The maximum absolute atomic E-state index is 12.0. The molecule has 0 saturated heterocycles. The van der Waals surface area contributed by atoms with Crippen molar-refractivity contribution >= 4 is 29.1 Å². The fourth-order valence-corrected chi connectivity index (χ4v) is 3.69. The van der Waals surface area contributed by atoms with Gasteiger partial charge in [0, 0.05) is 0 Å². The van der Waals surface area contributed by atoms with Gasteiger partial charge in [0.05, 0.1) is 10.8 Å². The zero-order valence-corrected chi connectivity index (χ0v) is 13.5. The van der Waals surface area contributed by atoms with Crippen LogP contribution in [0, 0.1) is 0 Å². The summed E-state index contributed by atoms with van der Waals surface area (Å²) in [4.78, 5) is 12.0. The average Bonchev–Trinajstić information content (AvgIpc) is 2.88. The summed E-state index contributed by atoms with van der Waals surface area (Å²) in [5, 5.41) is 5.34. The standard InChI is InChI=1S/C14H23NO2S2/c1-4-15-14(3,13(16)17-5-2)9-7-11-19-12-8-6-10-18-12/h6,8,10,15H,4-5,7,9,11H2,1-3H3. The molecule has 0 amide bonds. The van der Waals surface area contributed by atoms with Crippen LogP contribution in [0.2, 0.25) is 0 Å². The zero-order chi connectivity index (χ0) is 14.1. The molecule has 0 spiro atoms. The number of thioether (sulfide) groups is 1. The Hall–Kier alpha value is -0.520. The number of rotatable bonds is 9. The lowest BCUT2D eigenvalue weighted by molar-refractivity contribution is -0.150. The first-order chi connectivity index (χ1) is 9.12. The van der Waals surface area contributed by atoms with Crippen LogP contribution in [0.25, 0.3) is 0 Å². The number of thiophene rings is 1. The SMILES string of the molecule is CCNC(C)(CCCSc1cccs1)C(=O)OCC. The summed E-state index contributed by atoms with van der Waals surface area (Å²) in [5.74, 6) is 0.888. The van der Waals surface area contributed by atoms with E-state index in [0.29, 0.717) is 6.61 Å². The molecule has 108 valence electrons. The monoisotopic (exact) mass is 301 g/mol. The van der Waals surface area contributed by atoms with Crippen LogP contribution in [0.15, 0.2) is 21.7 Å². The molecule has 5 heteroatoms. The van der Waals surface area contributed by atoms with E-state index in [1.54, 1.807) is 11.3 Å². The minimum absolute atomic E-state index is 0.141. The summed E-state index contributed by atoms with van der Waals surface area (Å²) >= 11 is 3.61. The molecule has 1 aromatic heterocycles. The van der Waals surface area contributed by atoms with Crippen LogP contribution in [-0.4, -0.2) is 30.4 Å². The van der Waals surface area contributed by atoms with Crippen molar-refractivity contribution in [1.29, 1.82) is 0 Å². The van der Waals surface area contributed by atoms with Crippen LogP contribution >= 0.6 is 23.1 Å². The van der Waals surface area contributed by atoms with Gasteiger partial charge in [-0.05, 0) is 50.4 Å². The number of likely N-dealkylation sites (N-methyl/N-ethyl adjacent to an activating group) is 1. The minimum atomic E-state index is -0.555. The van der Waals surface area contributed by atoms with Gasteiger partial charge in [-0.3, -0.25) is 4.79 Å². The molecule has 0 aliphatic rings. The van der Waals surface area contributed by atoms with E-state index in [9.17, 15) is 4.79 Å². The van der Waals surface area contributed by atoms with Crippen molar-refractivity contribution in [2.75, 3.05) is 18.9 Å². The lowest BCUT2D eigenvalue weighted by Crippen LogP contribution is -2.50. The lowest BCUT2D eigenvalue weighted by Gasteiger charge is -2.28. The second-order valence-electron chi connectivity index (χ2n) is 4.47. The molecule has 0 aliphatic carbocycles. The fourth-order valence-electron chi connectivity index (χ4n) is 1.89. The van der Waals surface area contributed by atoms with Gasteiger partial charge in [-0.2, -0.15) is 0 Å². The van der Waals surface area contributed by atoms with Gasteiger partial charge in [-0.25, -0.2) is 0 Å². The highest BCUT2D eigenvalue weighted by molar-refractivity contribution is 8.01. The van der Waals surface area contributed by atoms with Crippen molar-refractivity contribution in [3.05, 3.63) is 17.5 Å². The van der Waals surface area contributed by atoms with Crippen molar-refractivity contribution in [3.63, 3.8) is 0 Å². The summed E-state index contributed by atoms with van der Waals surface area (Å²) in [6.07, 6.45) is 1.79. The Kier molecular flexibility index (Phi) is 7.49. The Labute approximate surface area is 124 Å². The van der Waals surface area contributed by atoms with Gasteiger partial charge in [-0.15, -0.1) is 23.1 Å². The van der Waals surface area contributed by atoms with E-state index in [-0.39, 0.29) is 5.97 Å². The molecule has 1 unspecified atom stereocenters. The second-order valence-corrected chi connectivity index (χ2v) is 6.81. The summed E-state index contributed by atoms with van der Waals surface area (Å²) in [5.41, 5.74) is -0.555. The third-order valence-electron chi connectivity index (χ3n) is 2.85. The Morgan fingerprint density at radius 1 is 1.53 bits per heavy atom. The van der Waals surface area contributed by atoms with E-state index in [2.05, 4.69) is 22.8 Å². The minimum Gasteiger partial charge on any atom is -0.465 e. The number of ether oxygens (including phenoxy) is 1. The van der Waals surface area contributed by atoms with Crippen LogP contribution in [0.5, 0.6) is 0 Å². The van der Waals surface area contributed by atoms with Crippen molar-refractivity contribution in [2.24, 2.45) is 0 Å². The van der Waals surface area contributed by atoms with Crippen LogP contribution in [0.1, 0.15) is 33.6 Å². The van der Waals surface area contributed by atoms with Crippen LogP contribution in [-0.2, 0) is 9.53 Å². The predicted molar refractivity (Wildman–Crippen MR) is 83.0 cm³/mol. The van der Waals surface area contributed by atoms with E-state index in [0.717, 1.165) is 25.1 Å². The second kappa shape index (κ2) is 8.61. The molecular formula is C14H23NO2S2. The number of carbonyl (C=O) groups is 1. The number of hydrogen-bond donors (Lipinski definition) is 1. The van der Waals surface area contributed by atoms with Gasteiger partial charge in [-0.1, -0.05) is 13.0 Å². The molecular weight excluding hydrogens is 278 g/mol. The maximum Gasteiger partial charge on any atom is 0.326 e. The molecule has 0 saturated carbocycles. The average molecular weight is 301 g/mol. The summed E-state index contributed by atoms with van der Waals surface area (Å²) < 4.78 is 6.49. The largest absolute Gasteiger partial charge is 0.465 e. The first-order valence-corrected chi connectivity index (χ1v) is 8.57. The highest BCUT2D eigenvalue weighted by Crippen LogP contribution is 2.25. The molecule has 0 bridgehead atoms. The molecule has 1 N–H and O–H groups in total. The van der Waals surface area contributed by atoms with Crippen molar-refractivity contribution < 1.29 is 9.53 Å². The van der Waals surface area contributed by atoms with E-state index < -0.39 is 5.54 Å². The molecule has 3 nitrogen and oxygen atoms in total. The molecule has 1 atom stereocenters. The Morgan fingerprint density at radius 2 is 2.32 bits per heavy atom. The number of hydrogen-bond acceptors (Lipinski definition) is 5. The molecule has 0 fully saturated rings. The molecule has 1 heterocycles. The van der Waals surface area contributed by atoms with Gasteiger partial charge in [0.1, 0.15) is 5.54 Å². The molecule has 0 aromatic carbocycles. The Bertz CT molecular complexity index is 368. The van der Waals surface area contributed by atoms with Crippen LogP contribution in [0.3, 0.4) is 0 Å². The quantitative estimate of drug-likeness (QED) is 0.430. The van der Waals surface area contributed by atoms with Crippen molar-refractivity contribution in [3.8, 4) is 0 Å². The third-order valence-corrected chi connectivity index (χ3v) is 5.07. The Morgan fingerprint density at radius 3 is 2.89 bits per heavy atom. The summed E-state index contributed by atoms with van der Waals surface area (Å²) in [7, 11) is 0. The van der Waals surface area contributed by atoms with E-state index in [4.69, 9.17) is 4.74 Å².